The molecule has 6 nitrogen and oxygen atoms in total. The summed E-state index contributed by atoms with van der Waals surface area (Å²) in [7, 11) is -3.65. The number of benzene rings is 1. The number of aliphatic hydroxyl groups is 1. The van der Waals surface area contributed by atoms with Gasteiger partial charge < -0.3 is 9.84 Å². The standard InChI is InChI=1S/C13H20N2O4S/c14-20(17,18)13-5-3-12(4-6-13)19-9-8-15-7-1-2-11(16)10-15/h3-6,11,16H,1-2,7-10H2,(H2,14,17,18). The van der Waals surface area contributed by atoms with Crippen LogP contribution in [0, 0.1) is 0 Å². The molecular weight excluding hydrogens is 280 g/mol. The van der Waals surface area contributed by atoms with Crippen LogP contribution in [0.2, 0.25) is 0 Å². The Morgan fingerprint density at radius 1 is 1.35 bits per heavy atom. The molecule has 1 aliphatic rings. The first kappa shape index (κ1) is 15.2. The Morgan fingerprint density at radius 2 is 2.05 bits per heavy atom. The highest BCUT2D eigenvalue weighted by Gasteiger charge is 2.17. The maximum absolute atomic E-state index is 11.1. The molecule has 112 valence electrons. The van der Waals surface area contributed by atoms with E-state index in [-0.39, 0.29) is 11.0 Å². The molecule has 0 spiro atoms. The van der Waals surface area contributed by atoms with Crippen molar-refractivity contribution in [3.8, 4) is 5.75 Å². The fourth-order valence-corrected chi connectivity index (χ4v) is 2.77. The molecule has 1 fully saturated rings. The first-order chi connectivity index (χ1) is 9.45. The summed E-state index contributed by atoms with van der Waals surface area (Å²) in [5.41, 5.74) is 0. The number of nitrogens with two attached hydrogens (primary N) is 1. The van der Waals surface area contributed by atoms with Gasteiger partial charge in [-0.3, -0.25) is 4.90 Å². The normalized spacial score (nSPS) is 20.8. The smallest absolute Gasteiger partial charge is 0.238 e. The molecule has 20 heavy (non-hydrogen) atoms. The minimum absolute atomic E-state index is 0.0732. The SMILES string of the molecule is NS(=O)(=O)c1ccc(OCCN2CCCC(O)C2)cc1. The third-order valence-electron chi connectivity index (χ3n) is 3.31. The molecule has 1 saturated heterocycles. The van der Waals surface area contributed by atoms with E-state index >= 15 is 0 Å². The first-order valence-electron chi connectivity index (χ1n) is 6.61. The van der Waals surface area contributed by atoms with Crippen LogP contribution in [0.1, 0.15) is 12.8 Å². The zero-order chi connectivity index (χ0) is 14.6. The number of hydrogen-bond acceptors (Lipinski definition) is 5. The molecule has 0 bridgehead atoms. The number of nitrogens with zero attached hydrogens (tertiary/aromatic N) is 1. The van der Waals surface area contributed by atoms with Crippen molar-refractivity contribution < 1.29 is 18.3 Å². The van der Waals surface area contributed by atoms with Gasteiger partial charge in [0.2, 0.25) is 10.0 Å². The van der Waals surface area contributed by atoms with E-state index in [0.29, 0.717) is 18.9 Å². The number of ether oxygens (including phenoxy) is 1. The molecule has 7 heteroatoms. The molecule has 0 aromatic heterocycles. The van der Waals surface area contributed by atoms with Gasteiger partial charge in [0, 0.05) is 13.1 Å². The van der Waals surface area contributed by atoms with Crippen LogP contribution in [0.25, 0.3) is 0 Å². The highest BCUT2D eigenvalue weighted by molar-refractivity contribution is 7.89. The summed E-state index contributed by atoms with van der Waals surface area (Å²) < 4.78 is 27.8. The van der Waals surface area contributed by atoms with Crippen molar-refractivity contribution in [2.24, 2.45) is 5.14 Å². The van der Waals surface area contributed by atoms with Crippen LogP contribution in [-0.2, 0) is 10.0 Å². The van der Waals surface area contributed by atoms with Crippen LogP contribution < -0.4 is 9.88 Å². The molecule has 3 N–H and O–H groups in total. The summed E-state index contributed by atoms with van der Waals surface area (Å²) >= 11 is 0. The predicted octanol–water partition coefficient (Wildman–Crippen LogP) is 0.170. The Balaban J connectivity index is 1.79. The summed E-state index contributed by atoms with van der Waals surface area (Å²) in [6, 6.07) is 6.03. The van der Waals surface area contributed by atoms with Gasteiger partial charge in [-0.2, -0.15) is 0 Å². The van der Waals surface area contributed by atoms with Gasteiger partial charge in [-0.05, 0) is 43.7 Å². The number of primary sulfonamides is 1. The zero-order valence-corrected chi connectivity index (χ0v) is 12.1. The maximum Gasteiger partial charge on any atom is 0.238 e. The monoisotopic (exact) mass is 300 g/mol. The first-order valence-corrected chi connectivity index (χ1v) is 8.16. The largest absolute Gasteiger partial charge is 0.492 e. The van der Waals surface area contributed by atoms with Gasteiger partial charge in [0.1, 0.15) is 12.4 Å². The van der Waals surface area contributed by atoms with E-state index in [1.807, 2.05) is 0 Å². The van der Waals surface area contributed by atoms with Gasteiger partial charge in [-0.25, -0.2) is 13.6 Å². The summed E-state index contributed by atoms with van der Waals surface area (Å²) in [5.74, 6) is 0.606. The zero-order valence-electron chi connectivity index (χ0n) is 11.2. The number of hydrogen-bond donors (Lipinski definition) is 2. The van der Waals surface area contributed by atoms with Crippen LogP contribution in [0.5, 0.6) is 5.75 Å². The van der Waals surface area contributed by atoms with Crippen LogP contribution in [0.3, 0.4) is 0 Å². The molecule has 1 atom stereocenters. The van der Waals surface area contributed by atoms with Gasteiger partial charge in [-0.1, -0.05) is 0 Å². The number of sulfonamides is 1. The second-order valence-electron chi connectivity index (χ2n) is 4.96. The highest BCUT2D eigenvalue weighted by Crippen LogP contribution is 2.15. The van der Waals surface area contributed by atoms with Crippen molar-refractivity contribution >= 4 is 10.0 Å². The topological polar surface area (TPSA) is 92.9 Å². The van der Waals surface area contributed by atoms with E-state index in [4.69, 9.17) is 9.88 Å². The van der Waals surface area contributed by atoms with Crippen LogP contribution in [-0.4, -0.2) is 50.8 Å². The van der Waals surface area contributed by atoms with E-state index in [0.717, 1.165) is 25.9 Å². The summed E-state index contributed by atoms with van der Waals surface area (Å²) in [6.45, 7) is 2.91. The van der Waals surface area contributed by atoms with E-state index in [1.165, 1.54) is 12.1 Å². The lowest BCUT2D eigenvalue weighted by Gasteiger charge is -2.29. The second kappa shape index (κ2) is 6.53. The molecule has 0 amide bonds. The molecule has 2 rings (SSSR count). The molecule has 1 aliphatic heterocycles. The maximum atomic E-state index is 11.1. The van der Waals surface area contributed by atoms with Crippen LogP contribution >= 0.6 is 0 Å². The van der Waals surface area contributed by atoms with Gasteiger partial charge in [-0.15, -0.1) is 0 Å². The highest BCUT2D eigenvalue weighted by atomic mass is 32.2. The van der Waals surface area contributed by atoms with E-state index in [2.05, 4.69) is 4.90 Å². The fourth-order valence-electron chi connectivity index (χ4n) is 2.25. The minimum atomic E-state index is -3.65. The third-order valence-corrected chi connectivity index (χ3v) is 4.24. The summed E-state index contributed by atoms with van der Waals surface area (Å²) in [4.78, 5) is 2.23. The second-order valence-corrected chi connectivity index (χ2v) is 6.52. The van der Waals surface area contributed by atoms with Gasteiger partial charge in [0.25, 0.3) is 0 Å². The van der Waals surface area contributed by atoms with Crippen molar-refractivity contribution in [3.63, 3.8) is 0 Å². The number of rotatable bonds is 5. The molecule has 0 aliphatic carbocycles. The molecule has 0 radical (unpaired) electrons. The van der Waals surface area contributed by atoms with E-state index in [1.54, 1.807) is 12.1 Å². The molecule has 1 heterocycles. The Hall–Kier alpha value is -1.15. The Morgan fingerprint density at radius 3 is 2.65 bits per heavy atom. The van der Waals surface area contributed by atoms with Gasteiger partial charge >= 0.3 is 0 Å². The average Bonchev–Trinajstić information content (AvgIpc) is 2.38. The quantitative estimate of drug-likeness (QED) is 0.808. The lowest BCUT2D eigenvalue weighted by atomic mass is 10.1. The van der Waals surface area contributed by atoms with Gasteiger partial charge in [0.05, 0.1) is 11.0 Å². The van der Waals surface area contributed by atoms with Crippen molar-refractivity contribution in [2.45, 2.75) is 23.8 Å². The Bertz CT molecular complexity index is 530. The number of piperidine rings is 1. The summed E-state index contributed by atoms with van der Waals surface area (Å²) in [5, 5.41) is 14.6. The number of likely N-dealkylation sites (tertiary alicyclic amines) is 1. The lowest BCUT2D eigenvalue weighted by Crippen LogP contribution is -2.40. The predicted molar refractivity (Wildman–Crippen MR) is 75.0 cm³/mol. The van der Waals surface area contributed by atoms with E-state index < -0.39 is 10.0 Å². The van der Waals surface area contributed by atoms with Gasteiger partial charge in [0.15, 0.2) is 0 Å². The van der Waals surface area contributed by atoms with Crippen molar-refractivity contribution in [2.75, 3.05) is 26.2 Å². The van der Waals surface area contributed by atoms with E-state index in [9.17, 15) is 13.5 Å². The minimum Gasteiger partial charge on any atom is -0.492 e. The fraction of sp³-hybridized carbons (Fsp3) is 0.538. The number of aliphatic hydroxyl groups excluding tert-OH is 1. The molecule has 1 aromatic rings. The molecule has 1 unspecified atom stereocenters. The number of β-amino-alcohol motifs (C(OH)–C–C–N with tert-alkyl or cyclic N) is 1. The summed E-state index contributed by atoms with van der Waals surface area (Å²) in [6.07, 6.45) is 1.63. The van der Waals surface area contributed by atoms with Crippen LogP contribution in [0.15, 0.2) is 29.2 Å². The lowest BCUT2D eigenvalue weighted by molar-refractivity contribution is 0.0633. The molecule has 0 saturated carbocycles. The third kappa shape index (κ3) is 4.45. The Labute approximate surface area is 119 Å². The Kier molecular flexibility index (Phi) is 4.98. The van der Waals surface area contributed by atoms with Crippen molar-refractivity contribution in [3.05, 3.63) is 24.3 Å². The molecule has 1 aromatic carbocycles. The van der Waals surface area contributed by atoms with Crippen molar-refractivity contribution in [1.82, 2.24) is 4.90 Å². The molecular formula is C13H20N2O4S. The van der Waals surface area contributed by atoms with Crippen LogP contribution in [0.4, 0.5) is 0 Å². The van der Waals surface area contributed by atoms with Crippen molar-refractivity contribution in [1.29, 1.82) is 0 Å². The average molecular weight is 300 g/mol.